The first kappa shape index (κ1) is 16.1. The van der Waals surface area contributed by atoms with Gasteiger partial charge in [-0.25, -0.2) is 0 Å². The number of hydrogen-bond donors (Lipinski definition) is 1. The molecule has 6 heteroatoms. The van der Waals surface area contributed by atoms with Crippen molar-refractivity contribution in [2.75, 3.05) is 13.1 Å². The lowest BCUT2D eigenvalue weighted by atomic mass is 10.0. The van der Waals surface area contributed by atoms with Crippen LogP contribution in [0.1, 0.15) is 31.9 Å². The number of ether oxygens (including phenoxy) is 1. The lowest BCUT2D eigenvalue weighted by molar-refractivity contribution is -0.275. The van der Waals surface area contributed by atoms with Crippen molar-refractivity contribution in [3.05, 3.63) is 29.8 Å². The Morgan fingerprint density at radius 3 is 2.52 bits per heavy atom. The smallest absolute Gasteiger partial charge is 0.405 e. The Kier molecular flexibility index (Phi) is 4.78. The Hall–Kier alpha value is -1.27. The van der Waals surface area contributed by atoms with Crippen LogP contribution in [0.3, 0.4) is 0 Å². The monoisotopic (exact) mass is 302 g/mol. The number of para-hydroxylation sites is 1. The second-order valence-electron chi connectivity index (χ2n) is 5.72. The molecular formula is C15H21F3N2O. The maximum Gasteiger partial charge on any atom is 0.573 e. The highest BCUT2D eigenvalue weighted by Crippen LogP contribution is 2.37. The maximum atomic E-state index is 12.5. The summed E-state index contributed by atoms with van der Waals surface area (Å²) in [6.45, 7) is 5.32. The van der Waals surface area contributed by atoms with Gasteiger partial charge in [0.1, 0.15) is 5.75 Å². The number of rotatable bonds is 4. The molecule has 118 valence electrons. The second-order valence-corrected chi connectivity index (χ2v) is 5.72. The maximum absolute atomic E-state index is 12.5. The van der Waals surface area contributed by atoms with Crippen LogP contribution in [-0.4, -0.2) is 30.4 Å². The van der Waals surface area contributed by atoms with Crippen molar-refractivity contribution in [2.45, 2.75) is 38.7 Å². The van der Waals surface area contributed by atoms with Gasteiger partial charge in [0.05, 0.1) is 6.04 Å². The van der Waals surface area contributed by atoms with E-state index in [1.54, 1.807) is 12.1 Å². The molecule has 3 nitrogen and oxygen atoms in total. The van der Waals surface area contributed by atoms with Crippen molar-refractivity contribution in [3.8, 4) is 5.75 Å². The summed E-state index contributed by atoms with van der Waals surface area (Å²) in [7, 11) is 0. The van der Waals surface area contributed by atoms with Crippen molar-refractivity contribution in [3.63, 3.8) is 0 Å². The molecule has 1 saturated heterocycles. The average molecular weight is 302 g/mol. The Morgan fingerprint density at radius 2 is 2.00 bits per heavy atom. The Balaban J connectivity index is 2.30. The van der Waals surface area contributed by atoms with Crippen LogP contribution < -0.4 is 10.5 Å². The Labute approximate surface area is 122 Å². The van der Waals surface area contributed by atoms with Gasteiger partial charge in [0.2, 0.25) is 0 Å². The molecule has 1 heterocycles. The molecule has 0 saturated carbocycles. The quantitative estimate of drug-likeness (QED) is 0.927. The van der Waals surface area contributed by atoms with E-state index < -0.39 is 6.36 Å². The molecule has 0 aliphatic carbocycles. The Morgan fingerprint density at radius 1 is 1.33 bits per heavy atom. The van der Waals surface area contributed by atoms with Crippen molar-refractivity contribution < 1.29 is 17.9 Å². The average Bonchev–Trinajstić information content (AvgIpc) is 2.70. The summed E-state index contributed by atoms with van der Waals surface area (Å²) in [6.07, 6.45) is -3.67. The molecule has 0 radical (unpaired) electrons. The third-order valence-electron chi connectivity index (χ3n) is 3.96. The summed E-state index contributed by atoms with van der Waals surface area (Å²) in [5, 5.41) is 0. The molecule has 2 N–H and O–H groups in total. The fourth-order valence-electron chi connectivity index (χ4n) is 3.18. The fourth-order valence-corrected chi connectivity index (χ4v) is 3.18. The first-order valence-corrected chi connectivity index (χ1v) is 7.12. The molecule has 0 bridgehead atoms. The van der Waals surface area contributed by atoms with Crippen molar-refractivity contribution in [2.24, 2.45) is 11.7 Å². The van der Waals surface area contributed by atoms with Crippen LogP contribution in [0.2, 0.25) is 0 Å². The molecule has 3 atom stereocenters. The molecule has 0 spiro atoms. The van der Waals surface area contributed by atoms with Crippen molar-refractivity contribution in [1.82, 2.24) is 4.90 Å². The molecular weight excluding hydrogens is 281 g/mol. The van der Waals surface area contributed by atoms with E-state index in [1.807, 2.05) is 0 Å². The largest absolute Gasteiger partial charge is 0.573 e. The molecule has 0 aromatic heterocycles. The number of halogens is 3. The second kappa shape index (κ2) is 6.23. The van der Waals surface area contributed by atoms with Gasteiger partial charge in [-0.15, -0.1) is 13.2 Å². The molecule has 3 unspecified atom stereocenters. The van der Waals surface area contributed by atoms with Gasteiger partial charge in [-0.05, 0) is 25.3 Å². The molecule has 2 rings (SSSR count). The van der Waals surface area contributed by atoms with Crippen molar-refractivity contribution >= 4 is 0 Å². The molecule has 1 fully saturated rings. The number of nitrogens with two attached hydrogens (primary N) is 1. The summed E-state index contributed by atoms with van der Waals surface area (Å²) in [5.74, 6) is 0.358. The zero-order chi connectivity index (χ0) is 15.6. The van der Waals surface area contributed by atoms with Gasteiger partial charge in [0.25, 0.3) is 0 Å². The van der Waals surface area contributed by atoms with Crippen LogP contribution in [0.25, 0.3) is 0 Å². The minimum atomic E-state index is -4.70. The van der Waals surface area contributed by atoms with E-state index in [-0.39, 0.29) is 18.3 Å². The summed E-state index contributed by atoms with van der Waals surface area (Å²) >= 11 is 0. The predicted octanol–water partition coefficient (Wildman–Crippen LogP) is 3.32. The van der Waals surface area contributed by atoms with Gasteiger partial charge in [0, 0.05) is 24.7 Å². The van der Waals surface area contributed by atoms with E-state index in [0.717, 1.165) is 13.0 Å². The Bertz CT molecular complexity index is 478. The van der Waals surface area contributed by atoms with Crippen LogP contribution in [0.5, 0.6) is 5.75 Å². The van der Waals surface area contributed by atoms with E-state index in [9.17, 15) is 13.2 Å². The normalized spacial score (nSPS) is 25.0. The summed E-state index contributed by atoms with van der Waals surface area (Å²) in [4.78, 5) is 2.17. The third kappa shape index (κ3) is 3.89. The zero-order valence-electron chi connectivity index (χ0n) is 12.2. The predicted molar refractivity (Wildman–Crippen MR) is 74.9 cm³/mol. The van der Waals surface area contributed by atoms with Crippen molar-refractivity contribution in [1.29, 1.82) is 0 Å². The van der Waals surface area contributed by atoms with Gasteiger partial charge in [-0.3, -0.25) is 4.90 Å². The van der Waals surface area contributed by atoms with Crippen LogP contribution in [0.4, 0.5) is 13.2 Å². The molecule has 1 aromatic carbocycles. The standard InChI is InChI=1S/C15H21F3N2O/c1-10-7-11(2)20(9-10)13(8-19)12-5-3-4-6-14(12)21-15(16,17)18/h3-6,10-11,13H,7-9,19H2,1-2H3. The summed E-state index contributed by atoms with van der Waals surface area (Å²) < 4.78 is 41.8. The molecule has 21 heavy (non-hydrogen) atoms. The highest BCUT2D eigenvalue weighted by atomic mass is 19.4. The van der Waals surface area contributed by atoms with E-state index >= 15 is 0 Å². The molecule has 1 aromatic rings. The van der Waals surface area contributed by atoms with Crippen LogP contribution in [0.15, 0.2) is 24.3 Å². The highest BCUT2D eigenvalue weighted by Gasteiger charge is 2.36. The topological polar surface area (TPSA) is 38.5 Å². The number of hydrogen-bond acceptors (Lipinski definition) is 3. The third-order valence-corrected chi connectivity index (χ3v) is 3.96. The fraction of sp³-hybridized carbons (Fsp3) is 0.600. The molecule has 1 aliphatic rings. The van der Waals surface area contributed by atoms with Gasteiger partial charge in [0.15, 0.2) is 0 Å². The zero-order valence-corrected chi connectivity index (χ0v) is 12.2. The highest BCUT2D eigenvalue weighted by molar-refractivity contribution is 5.36. The SMILES string of the molecule is CC1CC(C)N(C(CN)c2ccccc2OC(F)(F)F)C1. The summed E-state index contributed by atoms with van der Waals surface area (Å²) in [5.41, 5.74) is 6.34. The van der Waals surface area contributed by atoms with Crippen LogP contribution in [0, 0.1) is 5.92 Å². The van der Waals surface area contributed by atoms with Gasteiger partial charge < -0.3 is 10.5 Å². The van der Waals surface area contributed by atoms with Gasteiger partial charge >= 0.3 is 6.36 Å². The summed E-state index contributed by atoms with van der Waals surface area (Å²) in [6, 6.07) is 6.29. The first-order valence-electron chi connectivity index (χ1n) is 7.12. The minimum absolute atomic E-state index is 0.160. The van der Waals surface area contributed by atoms with E-state index in [1.165, 1.54) is 12.1 Å². The lowest BCUT2D eigenvalue weighted by Gasteiger charge is -2.32. The minimum Gasteiger partial charge on any atom is -0.405 e. The van der Waals surface area contributed by atoms with Crippen LogP contribution >= 0.6 is 0 Å². The van der Waals surface area contributed by atoms with E-state index in [2.05, 4.69) is 23.5 Å². The molecule has 0 amide bonds. The number of benzene rings is 1. The van der Waals surface area contributed by atoms with E-state index in [0.29, 0.717) is 17.5 Å². The lowest BCUT2D eigenvalue weighted by Crippen LogP contribution is -2.36. The number of likely N-dealkylation sites (tertiary alicyclic amines) is 1. The van der Waals surface area contributed by atoms with Gasteiger partial charge in [-0.1, -0.05) is 25.1 Å². The number of nitrogens with zero attached hydrogens (tertiary/aromatic N) is 1. The van der Waals surface area contributed by atoms with E-state index in [4.69, 9.17) is 5.73 Å². The first-order chi connectivity index (χ1) is 9.81. The van der Waals surface area contributed by atoms with Gasteiger partial charge in [-0.2, -0.15) is 0 Å². The van der Waals surface area contributed by atoms with Crippen LogP contribution in [-0.2, 0) is 0 Å². The molecule has 1 aliphatic heterocycles. The number of alkyl halides is 3.